The van der Waals surface area contributed by atoms with Crippen molar-refractivity contribution in [2.24, 2.45) is 5.92 Å². The van der Waals surface area contributed by atoms with Crippen LogP contribution in [0, 0.1) is 5.92 Å². The van der Waals surface area contributed by atoms with Crippen LogP contribution in [0.5, 0.6) is 0 Å². The Labute approximate surface area is 195 Å². The Morgan fingerprint density at radius 1 is 0.970 bits per heavy atom. The van der Waals surface area contributed by atoms with E-state index in [2.05, 4.69) is 4.72 Å². The van der Waals surface area contributed by atoms with Crippen LogP contribution < -0.4 is 14.5 Å². The maximum Gasteiger partial charge on any atom is 0.241 e. The van der Waals surface area contributed by atoms with Gasteiger partial charge in [0.2, 0.25) is 21.8 Å². The predicted molar refractivity (Wildman–Crippen MR) is 130 cm³/mol. The molecule has 1 saturated carbocycles. The number of nitrogens with zero attached hydrogens (tertiary/aromatic N) is 2. The molecule has 8 heteroatoms. The number of rotatable bonds is 4. The number of fused-ring (bicyclic) bond motifs is 1. The molecule has 176 valence electrons. The average Bonchev–Trinajstić information content (AvgIpc) is 3.56. The Hall–Kier alpha value is -2.71. The van der Waals surface area contributed by atoms with Gasteiger partial charge >= 0.3 is 0 Å². The molecule has 0 aromatic heterocycles. The van der Waals surface area contributed by atoms with Gasteiger partial charge in [0.05, 0.1) is 22.3 Å². The summed E-state index contributed by atoms with van der Waals surface area (Å²) in [4.78, 5) is 29.1. The van der Waals surface area contributed by atoms with Crippen molar-refractivity contribution >= 4 is 33.2 Å². The third kappa shape index (κ3) is 4.82. The normalized spacial score (nSPS) is 18.8. The summed E-state index contributed by atoms with van der Waals surface area (Å²) in [5, 5.41) is 0. The van der Waals surface area contributed by atoms with Gasteiger partial charge < -0.3 is 9.80 Å². The van der Waals surface area contributed by atoms with Crippen LogP contribution in [0.1, 0.15) is 47.5 Å². The van der Waals surface area contributed by atoms with Crippen molar-refractivity contribution in [1.29, 1.82) is 0 Å². The van der Waals surface area contributed by atoms with Crippen molar-refractivity contribution in [2.75, 3.05) is 16.3 Å². The number of amides is 2. The molecule has 33 heavy (non-hydrogen) atoms. The van der Waals surface area contributed by atoms with E-state index in [0.29, 0.717) is 6.54 Å². The van der Waals surface area contributed by atoms with Gasteiger partial charge in [-0.15, -0.1) is 0 Å². The summed E-state index contributed by atoms with van der Waals surface area (Å²) in [6, 6.07) is 12.3. The molecule has 2 aromatic rings. The van der Waals surface area contributed by atoms with Gasteiger partial charge in [0.25, 0.3) is 0 Å². The lowest BCUT2D eigenvalue weighted by atomic mass is 10.00. The van der Waals surface area contributed by atoms with Gasteiger partial charge in [-0.3, -0.25) is 9.59 Å². The molecule has 1 unspecified atom stereocenters. The SMILES string of the molecule is CC(=O)N1c2ccc(-c3ccc(S(=O)(=O)NC(C)(C)C)cc3)cc2N(C(=O)C2CC2)CC1C. The number of benzene rings is 2. The molecule has 0 radical (unpaired) electrons. The number of hydrogen-bond donors (Lipinski definition) is 1. The van der Waals surface area contributed by atoms with E-state index < -0.39 is 15.6 Å². The highest BCUT2D eigenvalue weighted by Crippen LogP contribution is 2.42. The number of carbonyl (C=O) groups excluding carboxylic acids is 2. The zero-order chi connectivity index (χ0) is 24.1. The molecule has 0 bridgehead atoms. The summed E-state index contributed by atoms with van der Waals surface area (Å²) in [6.45, 7) is 9.35. The summed E-state index contributed by atoms with van der Waals surface area (Å²) < 4.78 is 27.9. The fourth-order valence-corrected chi connectivity index (χ4v) is 5.75. The Morgan fingerprint density at radius 2 is 1.58 bits per heavy atom. The molecule has 1 atom stereocenters. The number of nitrogens with one attached hydrogen (secondary N) is 1. The molecule has 1 fully saturated rings. The second-order valence-electron chi connectivity index (χ2n) is 10.0. The van der Waals surface area contributed by atoms with Crippen LogP contribution in [0.15, 0.2) is 47.4 Å². The van der Waals surface area contributed by atoms with Crippen LogP contribution in [0.2, 0.25) is 0 Å². The summed E-state index contributed by atoms with van der Waals surface area (Å²) >= 11 is 0. The summed E-state index contributed by atoms with van der Waals surface area (Å²) in [5.74, 6) is 0.117. The molecular formula is C25H31N3O4S. The second-order valence-corrected chi connectivity index (χ2v) is 11.7. The van der Waals surface area contributed by atoms with Gasteiger partial charge in [0.15, 0.2) is 0 Å². The number of sulfonamides is 1. The van der Waals surface area contributed by atoms with E-state index in [1.165, 1.54) is 6.92 Å². The highest BCUT2D eigenvalue weighted by atomic mass is 32.2. The lowest BCUT2D eigenvalue weighted by Gasteiger charge is -2.41. The third-order valence-corrected chi connectivity index (χ3v) is 7.66. The first-order valence-electron chi connectivity index (χ1n) is 11.3. The van der Waals surface area contributed by atoms with Crippen LogP contribution in [0.3, 0.4) is 0 Å². The number of carbonyl (C=O) groups is 2. The number of anilines is 2. The Balaban J connectivity index is 1.71. The zero-order valence-corrected chi connectivity index (χ0v) is 20.6. The summed E-state index contributed by atoms with van der Waals surface area (Å²) in [5.41, 5.74) is 2.57. The highest BCUT2D eigenvalue weighted by Gasteiger charge is 2.39. The molecule has 2 aliphatic rings. The molecular weight excluding hydrogens is 438 g/mol. The van der Waals surface area contributed by atoms with E-state index in [-0.39, 0.29) is 28.7 Å². The highest BCUT2D eigenvalue weighted by molar-refractivity contribution is 7.89. The monoisotopic (exact) mass is 469 g/mol. The topological polar surface area (TPSA) is 86.8 Å². The molecule has 4 rings (SSSR count). The van der Waals surface area contributed by atoms with Crippen LogP contribution in [0.25, 0.3) is 11.1 Å². The first-order chi connectivity index (χ1) is 15.4. The van der Waals surface area contributed by atoms with Crippen molar-refractivity contribution in [3.8, 4) is 11.1 Å². The zero-order valence-electron chi connectivity index (χ0n) is 19.8. The molecule has 1 aliphatic heterocycles. The van der Waals surface area contributed by atoms with E-state index in [1.807, 2.05) is 30.0 Å². The van der Waals surface area contributed by atoms with E-state index in [1.54, 1.807) is 49.9 Å². The van der Waals surface area contributed by atoms with Gasteiger partial charge in [-0.25, -0.2) is 13.1 Å². The Morgan fingerprint density at radius 3 is 2.12 bits per heavy atom. The quantitative estimate of drug-likeness (QED) is 0.735. The van der Waals surface area contributed by atoms with Gasteiger partial charge in [0, 0.05) is 24.9 Å². The van der Waals surface area contributed by atoms with Crippen LogP contribution in [-0.2, 0) is 19.6 Å². The van der Waals surface area contributed by atoms with Crippen molar-refractivity contribution in [2.45, 2.75) is 63.9 Å². The van der Waals surface area contributed by atoms with Crippen LogP contribution in [0.4, 0.5) is 11.4 Å². The first kappa shape index (κ1) is 23.4. The average molecular weight is 470 g/mol. The third-order valence-electron chi connectivity index (χ3n) is 5.88. The molecule has 1 aliphatic carbocycles. The van der Waals surface area contributed by atoms with Crippen molar-refractivity contribution in [3.05, 3.63) is 42.5 Å². The molecule has 0 spiro atoms. The lowest BCUT2D eigenvalue weighted by molar-refractivity contribution is -0.120. The van der Waals surface area contributed by atoms with Crippen molar-refractivity contribution in [1.82, 2.24) is 4.72 Å². The first-order valence-corrected chi connectivity index (χ1v) is 12.8. The largest absolute Gasteiger partial charge is 0.308 e. The smallest absolute Gasteiger partial charge is 0.241 e. The minimum Gasteiger partial charge on any atom is -0.308 e. The molecule has 7 nitrogen and oxygen atoms in total. The van der Waals surface area contributed by atoms with Gasteiger partial charge in [-0.2, -0.15) is 0 Å². The second kappa shape index (κ2) is 8.25. The Kier molecular flexibility index (Phi) is 5.87. The number of hydrogen-bond acceptors (Lipinski definition) is 4. The van der Waals surface area contributed by atoms with E-state index in [4.69, 9.17) is 0 Å². The standard InChI is InChI=1S/C25H31N3O4S/c1-16-15-27(24(30)19-6-7-19)23-14-20(10-13-22(23)28(16)17(2)29)18-8-11-21(12-9-18)33(31,32)26-25(3,4)5/h8-14,16,19,26H,6-7,15H2,1-5H3. The fraction of sp³-hybridized carbons (Fsp3) is 0.440. The Bertz CT molecular complexity index is 1200. The summed E-state index contributed by atoms with van der Waals surface area (Å²) in [7, 11) is -3.62. The minimum atomic E-state index is -3.62. The fourth-order valence-electron chi connectivity index (χ4n) is 4.33. The maximum atomic E-state index is 13.0. The van der Waals surface area contributed by atoms with Gasteiger partial charge in [0.1, 0.15) is 0 Å². The van der Waals surface area contributed by atoms with Gasteiger partial charge in [-0.05, 0) is 75.9 Å². The lowest BCUT2D eigenvalue weighted by Crippen LogP contribution is -2.51. The molecule has 2 aromatic carbocycles. The van der Waals surface area contributed by atoms with Crippen LogP contribution in [-0.4, -0.2) is 38.4 Å². The van der Waals surface area contributed by atoms with E-state index in [0.717, 1.165) is 35.3 Å². The minimum absolute atomic E-state index is 0.0593. The predicted octanol–water partition coefficient (Wildman–Crippen LogP) is 3.93. The molecule has 1 N–H and O–H groups in total. The molecule has 1 heterocycles. The summed E-state index contributed by atoms with van der Waals surface area (Å²) in [6.07, 6.45) is 1.82. The molecule has 0 saturated heterocycles. The van der Waals surface area contributed by atoms with Crippen LogP contribution >= 0.6 is 0 Å². The molecule has 2 amide bonds. The van der Waals surface area contributed by atoms with E-state index >= 15 is 0 Å². The van der Waals surface area contributed by atoms with Gasteiger partial charge in [-0.1, -0.05) is 18.2 Å². The van der Waals surface area contributed by atoms with Crippen molar-refractivity contribution < 1.29 is 18.0 Å². The van der Waals surface area contributed by atoms with Crippen molar-refractivity contribution in [3.63, 3.8) is 0 Å². The maximum absolute atomic E-state index is 13.0. The van der Waals surface area contributed by atoms with E-state index in [9.17, 15) is 18.0 Å².